The van der Waals surface area contributed by atoms with Crippen molar-refractivity contribution in [3.8, 4) is 5.75 Å². The van der Waals surface area contributed by atoms with Gasteiger partial charge >= 0.3 is 5.97 Å². The van der Waals surface area contributed by atoms with Crippen molar-refractivity contribution >= 4 is 29.0 Å². The van der Waals surface area contributed by atoms with Crippen LogP contribution in [0.15, 0.2) is 28.4 Å². The molecule has 3 aliphatic heterocycles. The molecule has 3 N–H and O–H groups in total. The molecular weight excluding hydrogens is 448 g/mol. The van der Waals surface area contributed by atoms with Gasteiger partial charge in [-0.3, -0.25) is 19.9 Å². The standard InChI is InChI=1S/C25H34N6O4/c1-16-23(25(35)31(28-16)19-9-13-30(14-10-19)18-5-6-18)27-26-21-4-2-3-20(24(21)34)17-7-11-29(12-8-17)15-22(32)33/h2-4,17-19,26,34H,5-15H2,1H3,(H,32,33). The van der Waals surface area contributed by atoms with Crippen LogP contribution in [-0.4, -0.2) is 93.1 Å². The van der Waals surface area contributed by atoms with Crippen molar-refractivity contribution in [1.29, 1.82) is 0 Å². The minimum atomic E-state index is -0.820. The smallest absolute Gasteiger partial charge is 0.317 e. The van der Waals surface area contributed by atoms with E-state index in [1.165, 1.54) is 12.8 Å². The Morgan fingerprint density at radius 3 is 2.46 bits per heavy atom. The highest BCUT2D eigenvalue weighted by molar-refractivity contribution is 6.68. The number of phenolic OH excluding ortho intramolecular Hbond substituents is 1. The van der Waals surface area contributed by atoms with E-state index < -0.39 is 5.97 Å². The first-order valence-corrected chi connectivity index (χ1v) is 12.6. The summed E-state index contributed by atoms with van der Waals surface area (Å²) in [4.78, 5) is 28.5. The summed E-state index contributed by atoms with van der Waals surface area (Å²) in [5, 5.41) is 30.4. The topological polar surface area (TPSA) is 121 Å². The van der Waals surface area contributed by atoms with Crippen LogP contribution < -0.4 is 5.43 Å². The number of carboxylic acid groups (broad SMARTS) is 1. The Balaban J connectivity index is 1.22. The van der Waals surface area contributed by atoms with Gasteiger partial charge < -0.3 is 15.1 Å². The van der Waals surface area contributed by atoms with E-state index in [4.69, 9.17) is 5.11 Å². The lowest BCUT2D eigenvalue weighted by Gasteiger charge is -2.34. The van der Waals surface area contributed by atoms with E-state index in [-0.39, 0.29) is 35.9 Å². The molecule has 1 saturated carbocycles. The van der Waals surface area contributed by atoms with Crippen LogP contribution in [0.5, 0.6) is 5.75 Å². The van der Waals surface area contributed by atoms with Gasteiger partial charge in [-0.15, -0.1) is 0 Å². The quantitative estimate of drug-likeness (QED) is 0.403. The molecule has 188 valence electrons. The Morgan fingerprint density at radius 1 is 1.09 bits per heavy atom. The van der Waals surface area contributed by atoms with E-state index in [0.29, 0.717) is 24.5 Å². The SMILES string of the molecule is CC1=NN(C2CCN(C3CC3)CC2)C(=O)C1=NNc1cccc(C2CCN(CC(=O)O)CC2)c1O. The number of nitrogens with one attached hydrogen (secondary N) is 1. The molecule has 5 rings (SSSR count). The molecule has 10 nitrogen and oxygen atoms in total. The van der Waals surface area contributed by atoms with E-state index in [2.05, 4.69) is 20.5 Å². The molecule has 0 atom stereocenters. The molecule has 1 aliphatic carbocycles. The fourth-order valence-corrected chi connectivity index (χ4v) is 5.52. The Labute approximate surface area is 205 Å². The van der Waals surface area contributed by atoms with Crippen molar-refractivity contribution in [3.05, 3.63) is 23.8 Å². The van der Waals surface area contributed by atoms with Crippen molar-refractivity contribution in [2.75, 3.05) is 38.1 Å². The molecule has 0 unspecified atom stereocenters. The number of nitrogens with zero attached hydrogens (tertiary/aromatic N) is 5. The average Bonchev–Trinajstić information content (AvgIpc) is 3.65. The van der Waals surface area contributed by atoms with Gasteiger partial charge in [-0.2, -0.15) is 10.2 Å². The second-order valence-corrected chi connectivity index (χ2v) is 10.1. The molecule has 4 aliphatic rings. The highest BCUT2D eigenvalue weighted by atomic mass is 16.4. The van der Waals surface area contributed by atoms with Crippen LogP contribution >= 0.6 is 0 Å². The fraction of sp³-hybridized carbons (Fsp3) is 0.600. The number of hydrazone groups is 2. The summed E-state index contributed by atoms with van der Waals surface area (Å²) in [6, 6.07) is 6.34. The normalized spacial score (nSPS) is 24.3. The number of hydrogen-bond donors (Lipinski definition) is 3. The number of aliphatic carboxylic acids is 1. The molecule has 1 aromatic rings. The number of phenols is 1. The molecule has 35 heavy (non-hydrogen) atoms. The second kappa shape index (κ2) is 9.94. The number of amides is 1. The lowest BCUT2D eigenvalue weighted by atomic mass is 9.88. The number of carbonyl (C=O) groups is 2. The first kappa shape index (κ1) is 23.7. The number of aromatic hydroxyl groups is 1. The third-order valence-electron chi connectivity index (χ3n) is 7.66. The zero-order valence-corrected chi connectivity index (χ0v) is 20.2. The number of likely N-dealkylation sites (tertiary alicyclic amines) is 2. The van der Waals surface area contributed by atoms with Crippen LogP contribution in [0.4, 0.5) is 5.69 Å². The van der Waals surface area contributed by atoms with E-state index in [0.717, 1.165) is 50.4 Å². The van der Waals surface area contributed by atoms with Gasteiger partial charge in [0.25, 0.3) is 5.91 Å². The van der Waals surface area contributed by atoms with E-state index in [1.54, 1.807) is 18.0 Å². The third kappa shape index (κ3) is 5.18. The van der Waals surface area contributed by atoms with Crippen molar-refractivity contribution in [2.45, 2.75) is 63.5 Å². The molecule has 0 bridgehead atoms. The maximum absolute atomic E-state index is 13.1. The number of benzene rings is 1. The molecule has 10 heteroatoms. The molecule has 2 saturated heterocycles. The molecule has 3 heterocycles. The first-order valence-electron chi connectivity index (χ1n) is 12.6. The Hall–Kier alpha value is -2.98. The lowest BCUT2D eigenvalue weighted by molar-refractivity contribution is -0.138. The van der Waals surface area contributed by atoms with Gasteiger partial charge in [0.2, 0.25) is 0 Å². The van der Waals surface area contributed by atoms with Gasteiger partial charge in [-0.1, -0.05) is 12.1 Å². The van der Waals surface area contributed by atoms with Crippen LogP contribution in [0, 0.1) is 0 Å². The Morgan fingerprint density at radius 2 is 1.80 bits per heavy atom. The van der Waals surface area contributed by atoms with Crippen LogP contribution in [0.25, 0.3) is 0 Å². The van der Waals surface area contributed by atoms with Crippen molar-refractivity contribution < 1.29 is 19.8 Å². The number of para-hydroxylation sites is 1. The maximum Gasteiger partial charge on any atom is 0.317 e. The Bertz CT molecular complexity index is 1040. The molecule has 0 spiro atoms. The van der Waals surface area contributed by atoms with Crippen LogP contribution in [0.2, 0.25) is 0 Å². The predicted molar refractivity (Wildman–Crippen MR) is 133 cm³/mol. The van der Waals surface area contributed by atoms with E-state index in [1.807, 2.05) is 17.0 Å². The number of anilines is 1. The number of carbonyl (C=O) groups excluding carboxylic acids is 1. The summed E-state index contributed by atoms with van der Waals surface area (Å²) in [6.07, 6.45) is 5.99. The zero-order valence-electron chi connectivity index (χ0n) is 20.2. The number of hydrogen-bond acceptors (Lipinski definition) is 8. The van der Waals surface area contributed by atoms with Gasteiger partial charge in [-0.05, 0) is 76.1 Å². The first-order chi connectivity index (χ1) is 16.9. The highest BCUT2D eigenvalue weighted by Gasteiger charge is 2.38. The predicted octanol–water partition coefficient (Wildman–Crippen LogP) is 2.27. The average molecular weight is 483 g/mol. The molecule has 0 radical (unpaired) electrons. The fourth-order valence-electron chi connectivity index (χ4n) is 5.52. The highest BCUT2D eigenvalue weighted by Crippen LogP contribution is 2.38. The van der Waals surface area contributed by atoms with E-state index in [9.17, 15) is 14.7 Å². The van der Waals surface area contributed by atoms with Crippen molar-refractivity contribution in [1.82, 2.24) is 14.8 Å². The molecule has 3 fully saturated rings. The second-order valence-electron chi connectivity index (χ2n) is 10.1. The molecule has 0 aromatic heterocycles. The summed E-state index contributed by atoms with van der Waals surface area (Å²) >= 11 is 0. The minimum Gasteiger partial charge on any atom is -0.505 e. The maximum atomic E-state index is 13.1. The van der Waals surface area contributed by atoms with Crippen molar-refractivity contribution in [3.63, 3.8) is 0 Å². The molecule has 1 aromatic carbocycles. The van der Waals surface area contributed by atoms with Gasteiger partial charge in [0.1, 0.15) is 5.75 Å². The molecular formula is C25H34N6O4. The lowest BCUT2D eigenvalue weighted by Crippen LogP contribution is -2.45. The van der Waals surface area contributed by atoms with Crippen LogP contribution in [0.1, 0.15) is 56.9 Å². The molecule has 1 amide bonds. The summed E-state index contributed by atoms with van der Waals surface area (Å²) in [6.45, 7) is 5.21. The largest absolute Gasteiger partial charge is 0.505 e. The number of carboxylic acids is 1. The zero-order chi connectivity index (χ0) is 24.5. The van der Waals surface area contributed by atoms with Crippen LogP contribution in [0.3, 0.4) is 0 Å². The van der Waals surface area contributed by atoms with Gasteiger partial charge in [0, 0.05) is 19.1 Å². The summed E-state index contributed by atoms with van der Waals surface area (Å²) in [7, 11) is 0. The summed E-state index contributed by atoms with van der Waals surface area (Å²) < 4.78 is 0. The van der Waals surface area contributed by atoms with Crippen LogP contribution in [-0.2, 0) is 9.59 Å². The van der Waals surface area contributed by atoms with Gasteiger partial charge in [-0.25, -0.2) is 5.01 Å². The number of piperidine rings is 2. The van der Waals surface area contributed by atoms with Gasteiger partial charge in [0.15, 0.2) is 5.71 Å². The Kier molecular flexibility index (Phi) is 6.75. The summed E-state index contributed by atoms with van der Waals surface area (Å²) in [5.74, 6) is -0.749. The number of rotatable bonds is 7. The monoisotopic (exact) mass is 482 g/mol. The third-order valence-corrected chi connectivity index (χ3v) is 7.66. The minimum absolute atomic E-state index is 0.0450. The van der Waals surface area contributed by atoms with Gasteiger partial charge in [0.05, 0.1) is 24.0 Å². The van der Waals surface area contributed by atoms with E-state index >= 15 is 0 Å². The summed E-state index contributed by atoms with van der Waals surface area (Å²) in [5.41, 5.74) is 5.01. The van der Waals surface area contributed by atoms with Crippen molar-refractivity contribution in [2.24, 2.45) is 10.2 Å².